The Morgan fingerprint density at radius 2 is 1.60 bits per heavy atom. The van der Waals surface area contributed by atoms with E-state index in [2.05, 4.69) is 9.97 Å². The van der Waals surface area contributed by atoms with E-state index in [1.165, 1.54) is 24.5 Å². The van der Waals surface area contributed by atoms with Crippen LogP contribution in [0.5, 0.6) is 0 Å². The van der Waals surface area contributed by atoms with Gasteiger partial charge in [0, 0.05) is 12.4 Å². The van der Waals surface area contributed by atoms with Crippen molar-refractivity contribution in [3.63, 3.8) is 0 Å². The summed E-state index contributed by atoms with van der Waals surface area (Å²) in [7, 11) is -4.17. The molecule has 1 aromatic heterocycles. The summed E-state index contributed by atoms with van der Waals surface area (Å²) in [5, 5.41) is 0. The highest BCUT2D eigenvalue weighted by molar-refractivity contribution is 7.90. The van der Waals surface area contributed by atoms with Gasteiger partial charge in [-0.05, 0) is 18.2 Å². The van der Waals surface area contributed by atoms with Crippen molar-refractivity contribution in [1.29, 1.82) is 0 Å². The fourth-order valence-electron chi connectivity index (χ4n) is 1.62. The van der Waals surface area contributed by atoms with Crippen LogP contribution in [-0.2, 0) is 21.8 Å². The second-order valence-electron chi connectivity index (χ2n) is 3.92. The zero-order chi connectivity index (χ0) is 14.8. The molecule has 1 heterocycles. The molecule has 0 aliphatic rings. The standard InChI is InChI=1S/C12H9F3N2O2S/c13-12(14,15)9-4-1-2-5-10(9)20(18,19)8-11-16-6-3-7-17-11/h1-7H,8H2. The maximum atomic E-state index is 12.8. The Balaban J connectivity index is 2.46. The summed E-state index contributed by atoms with van der Waals surface area (Å²) in [6.45, 7) is 0. The van der Waals surface area contributed by atoms with Crippen LogP contribution in [0.15, 0.2) is 47.6 Å². The molecule has 2 aromatic rings. The number of hydrogen-bond acceptors (Lipinski definition) is 4. The molecule has 2 rings (SSSR count). The van der Waals surface area contributed by atoms with Crippen LogP contribution in [0.4, 0.5) is 13.2 Å². The van der Waals surface area contributed by atoms with Gasteiger partial charge in [-0.3, -0.25) is 0 Å². The second kappa shape index (κ2) is 5.20. The van der Waals surface area contributed by atoms with Crippen LogP contribution in [0.3, 0.4) is 0 Å². The van der Waals surface area contributed by atoms with Gasteiger partial charge in [0.25, 0.3) is 0 Å². The minimum Gasteiger partial charge on any atom is -0.240 e. The summed E-state index contributed by atoms with van der Waals surface area (Å²) in [4.78, 5) is 6.66. The number of rotatable bonds is 3. The predicted molar refractivity (Wildman–Crippen MR) is 64.4 cm³/mol. The van der Waals surface area contributed by atoms with E-state index in [4.69, 9.17) is 0 Å². The molecule has 0 fully saturated rings. The molecule has 8 heteroatoms. The van der Waals surface area contributed by atoms with Crippen LogP contribution in [-0.4, -0.2) is 18.4 Å². The molecule has 106 valence electrons. The van der Waals surface area contributed by atoms with Crippen molar-refractivity contribution in [3.8, 4) is 0 Å². The Morgan fingerprint density at radius 1 is 1.00 bits per heavy atom. The largest absolute Gasteiger partial charge is 0.417 e. The van der Waals surface area contributed by atoms with Crippen molar-refractivity contribution >= 4 is 9.84 Å². The number of sulfone groups is 1. The number of aromatic nitrogens is 2. The van der Waals surface area contributed by atoms with Gasteiger partial charge in [-0.1, -0.05) is 12.1 Å². The molecule has 0 spiro atoms. The lowest BCUT2D eigenvalue weighted by Crippen LogP contribution is -2.15. The molecule has 0 atom stereocenters. The first-order chi connectivity index (χ1) is 9.31. The van der Waals surface area contributed by atoms with Crippen LogP contribution in [0.2, 0.25) is 0 Å². The van der Waals surface area contributed by atoms with Crippen LogP contribution < -0.4 is 0 Å². The summed E-state index contributed by atoms with van der Waals surface area (Å²) in [6, 6.07) is 5.54. The zero-order valence-electron chi connectivity index (χ0n) is 10.0. The lowest BCUT2D eigenvalue weighted by atomic mass is 10.2. The Bertz CT molecular complexity index is 700. The van der Waals surface area contributed by atoms with Gasteiger partial charge in [-0.2, -0.15) is 13.2 Å². The Morgan fingerprint density at radius 3 is 2.20 bits per heavy atom. The van der Waals surface area contributed by atoms with E-state index in [0.717, 1.165) is 18.2 Å². The van der Waals surface area contributed by atoms with Crippen LogP contribution in [0.1, 0.15) is 11.4 Å². The van der Waals surface area contributed by atoms with Gasteiger partial charge in [0.05, 0.1) is 10.5 Å². The molecule has 20 heavy (non-hydrogen) atoms. The van der Waals surface area contributed by atoms with E-state index < -0.39 is 32.2 Å². The van der Waals surface area contributed by atoms with Gasteiger partial charge in [0.1, 0.15) is 11.6 Å². The molecule has 4 nitrogen and oxygen atoms in total. The molecule has 0 N–H and O–H groups in total. The van der Waals surface area contributed by atoms with E-state index in [1.54, 1.807) is 0 Å². The molecule has 0 saturated carbocycles. The second-order valence-corrected chi connectivity index (χ2v) is 5.88. The maximum Gasteiger partial charge on any atom is 0.417 e. The minimum atomic E-state index is -4.73. The van der Waals surface area contributed by atoms with Crippen molar-refractivity contribution in [2.45, 2.75) is 16.8 Å². The highest BCUT2D eigenvalue weighted by Crippen LogP contribution is 2.34. The van der Waals surface area contributed by atoms with E-state index in [1.807, 2.05) is 0 Å². The van der Waals surface area contributed by atoms with Crippen LogP contribution >= 0.6 is 0 Å². The van der Waals surface area contributed by atoms with Gasteiger partial charge in [0.15, 0.2) is 9.84 Å². The molecule has 0 bridgehead atoms. The predicted octanol–water partition coefficient (Wildman–Crippen LogP) is 2.47. The number of halogens is 3. The van der Waals surface area contributed by atoms with E-state index in [0.29, 0.717) is 0 Å². The van der Waals surface area contributed by atoms with Gasteiger partial charge in [0.2, 0.25) is 0 Å². The first kappa shape index (κ1) is 14.4. The molecule has 0 radical (unpaired) electrons. The molecule has 0 aliphatic heterocycles. The Labute approximate surface area is 113 Å². The molecular weight excluding hydrogens is 293 g/mol. The van der Waals surface area contributed by atoms with Crippen LogP contribution in [0, 0.1) is 0 Å². The van der Waals surface area contributed by atoms with Crippen molar-refractivity contribution in [3.05, 3.63) is 54.1 Å². The third-order valence-corrected chi connectivity index (χ3v) is 4.13. The number of hydrogen-bond donors (Lipinski definition) is 0. The SMILES string of the molecule is O=S(=O)(Cc1ncccn1)c1ccccc1C(F)(F)F. The fourth-order valence-corrected chi connectivity index (χ4v) is 3.07. The smallest absolute Gasteiger partial charge is 0.240 e. The quantitative estimate of drug-likeness (QED) is 0.874. The van der Waals surface area contributed by atoms with E-state index in [-0.39, 0.29) is 5.82 Å². The Hall–Kier alpha value is -1.96. The first-order valence-corrected chi connectivity index (χ1v) is 7.11. The molecule has 0 saturated heterocycles. The average molecular weight is 302 g/mol. The van der Waals surface area contributed by atoms with Gasteiger partial charge in [-0.25, -0.2) is 18.4 Å². The number of alkyl halides is 3. The van der Waals surface area contributed by atoms with Crippen LogP contribution in [0.25, 0.3) is 0 Å². The van der Waals surface area contributed by atoms with Crippen molar-refractivity contribution in [1.82, 2.24) is 9.97 Å². The molecule has 0 aliphatic carbocycles. The highest BCUT2D eigenvalue weighted by atomic mass is 32.2. The lowest BCUT2D eigenvalue weighted by Gasteiger charge is -2.12. The third-order valence-electron chi connectivity index (χ3n) is 2.47. The number of benzene rings is 1. The Kier molecular flexibility index (Phi) is 3.76. The van der Waals surface area contributed by atoms with E-state index in [9.17, 15) is 21.6 Å². The highest BCUT2D eigenvalue weighted by Gasteiger charge is 2.36. The molecular formula is C12H9F3N2O2S. The lowest BCUT2D eigenvalue weighted by molar-refractivity contribution is -0.139. The topological polar surface area (TPSA) is 59.9 Å². The summed E-state index contributed by atoms with van der Waals surface area (Å²) in [5.74, 6) is -0.731. The third kappa shape index (κ3) is 3.13. The zero-order valence-corrected chi connectivity index (χ0v) is 10.8. The summed E-state index contributed by atoms with van der Waals surface area (Å²) in [6.07, 6.45) is -2.08. The average Bonchev–Trinajstić information content (AvgIpc) is 2.38. The number of nitrogens with zero attached hydrogens (tertiary/aromatic N) is 2. The molecule has 0 unspecified atom stereocenters. The minimum absolute atomic E-state index is 0.0514. The van der Waals surface area contributed by atoms with Crippen molar-refractivity contribution in [2.24, 2.45) is 0 Å². The fraction of sp³-hybridized carbons (Fsp3) is 0.167. The van der Waals surface area contributed by atoms with Crippen molar-refractivity contribution < 1.29 is 21.6 Å². The molecule has 1 aromatic carbocycles. The van der Waals surface area contributed by atoms with Gasteiger partial charge >= 0.3 is 6.18 Å². The normalized spacial score (nSPS) is 12.3. The van der Waals surface area contributed by atoms with Gasteiger partial charge < -0.3 is 0 Å². The molecule has 0 amide bonds. The van der Waals surface area contributed by atoms with Gasteiger partial charge in [-0.15, -0.1) is 0 Å². The van der Waals surface area contributed by atoms with E-state index >= 15 is 0 Å². The van der Waals surface area contributed by atoms with Crippen molar-refractivity contribution in [2.75, 3.05) is 0 Å². The summed E-state index contributed by atoms with van der Waals surface area (Å²) < 4.78 is 62.6. The maximum absolute atomic E-state index is 12.8. The summed E-state index contributed by atoms with van der Waals surface area (Å²) >= 11 is 0. The summed E-state index contributed by atoms with van der Waals surface area (Å²) in [5.41, 5.74) is -1.18. The monoisotopic (exact) mass is 302 g/mol. The first-order valence-electron chi connectivity index (χ1n) is 5.45.